The number of aromatic nitrogens is 5. The highest BCUT2D eigenvalue weighted by molar-refractivity contribution is 6.99. The summed E-state index contributed by atoms with van der Waals surface area (Å²) in [6.07, 6.45) is 0. The van der Waals surface area contributed by atoms with Gasteiger partial charge in [0, 0.05) is 32.7 Å². The Hall–Kier alpha value is -2.65. The van der Waals surface area contributed by atoms with Crippen LogP contribution in [0.25, 0.3) is 0 Å². The lowest BCUT2D eigenvalue weighted by atomic mass is 10.2. The fourth-order valence-electron chi connectivity index (χ4n) is 3.34. The van der Waals surface area contributed by atoms with Crippen molar-refractivity contribution in [2.45, 2.75) is 26.9 Å². The lowest BCUT2D eigenvalue weighted by Gasteiger charge is -2.34. The average Bonchev–Trinajstić information content (AvgIpc) is 3.29. The second-order valence-electron chi connectivity index (χ2n) is 7.03. The predicted molar refractivity (Wildman–Crippen MR) is 106 cm³/mol. The molecule has 28 heavy (non-hydrogen) atoms. The molecule has 8 nitrogen and oxygen atoms in total. The minimum atomic E-state index is -0.0452. The van der Waals surface area contributed by atoms with Crippen molar-refractivity contribution in [1.29, 1.82) is 0 Å². The molecule has 146 valence electrons. The fourth-order valence-corrected chi connectivity index (χ4v) is 3.90. The summed E-state index contributed by atoms with van der Waals surface area (Å²) in [6.45, 7) is 8.33. The summed E-state index contributed by atoms with van der Waals surface area (Å²) in [5.74, 6) is -0.0452. The number of aryl methyl sites for hydroxylation is 1. The summed E-state index contributed by atoms with van der Waals surface area (Å²) in [5.41, 5.74) is 4.25. The molecule has 4 rings (SSSR count). The number of carbonyl (C=O) groups excluding carboxylic acids is 1. The molecule has 0 spiro atoms. The smallest absolute Gasteiger partial charge is 0.276 e. The normalized spacial score (nSPS) is 15.1. The Morgan fingerprint density at radius 3 is 2.46 bits per heavy atom. The Bertz CT molecular complexity index is 944. The molecule has 1 aliphatic heterocycles. The molecule has 0 unspecified atom stereocenters. The first-order valence-corrected chi connectivity index (χ1v) is 10.1. The van der Waals surface area contributed by atoms with Crippen molar-refractivity contribution in [3.63, 3.8) is 0 Å². The van der Waals surface area contributed by atoms with Gasteiger partial charge in [0.15, 0.2) is 5.69 Å². The summed E-state index contributed by atoms with van der Waals surface area (Å²) in [6, 6.07) is 10.4. The van der Waals surface area contributed by atoms with Crippen LogP contribution in [0.1, 0.15) is 33.1 Å². The van der Waals surface area contributed by atoms with Crippen LogP contribution in [0, 0.1) is 13.8 Å². The van der Waals surface area contributed by atoms with Crippen molar-refractivity contribution in [3.8, 4) is 0 Å². The van der Waals surface area contributed by atoms with Crippen LogP contribution in [0.3, 0.4) is 0 Å². The molecule has 0 N–H and O–H groups in total. The molecular weight excluding hydrogens is 374 g/mol. The summed E-state index contributed by atoms with van der Waals surface area (Å²) in [7, 11) is 0. The Kier molecular flexibility index (Phi) is 5.45. The Morgan fingerprint density at radius 1 is 1.04 bits per heavy atom. The molecule has 1 aliphatic rings. The van der Waals surface area contributed by atoms with Crippen LogP contribution in [0.4, 0.5) is 0 Å². The lowest BCUT2D eigenvalue weighted by Crippen LogP contribution is -2.48. The zero-order chi connectivity index (χ0) is 19.5. The Balaban J connectivity index is 1.37. The zero-order valence-electron chi connectivity index (χ0n) is 16.1. The zero-order valence-corrected chi connectivity index (χ0v) is 16.9. The molecule has 1 saturated heterocycles. The highest BCUT2D eigenvalue weighted by atomic mass is 32.1. The number of nitrogens with zero attached hydrogens (tertiary/aromatic N) is 7. The summed E-state index contributed by atoms with van der Waals surface area (Å²) >= 11 is 1.19. The topological polar surface area (TPSA) is 80.0 Å². The van der Waals surface area contributed by atoms with Crippen LogP contribution in [0.5, 0.6) is 0 Å². The van der Waals surface area contributed by atoms with E-state index in [-0.39, 0.29) is 5.91 Å². The highest BCUT2D eigenvalue weighted by Crippen LogP contribution is 2.14. The Labute approximate surface area is 168 Å². The molecule has 2 aromatic heterocycles. The quantitative estimate of drug-likeness (QED) is 0.653. The maximum Gasteiger partial charge on any atom is 0.276 e. The van der Waals surface area contributed by atoms with Crippen molar-refractivity contribution in [2.75, 3.05) is 26.2 Å². The van der Waals surface area contributed by atoms with E-state index in [1.165, 1.54) is 17.3 Å². The third-order valence-electron chi connectivity index (χ3n) is 5.14. The van der Waals surface area contributed by atoms with Crippen LogP contribution in [-0.2, 0) is 13.1 Å². The van der Waals surface area contributed by atoms with Crippen molar-refractivity contribution in [2.24, 2.45) is 0 Å². The van der Waals surface area contributed by atoms with E-state index in [9.17, 15) is 4.79 Å². The van der Waals surface area contributed by atoms with E-state index in [0.29, 0.717) is 25.3 Å². The van der Waals surface area contributed by atoms with E-state index < -0.39 is 0 Å². The van der Waals surface area contributed by atoms with Crippen molar-refractivity contribution >= 4 is 17.6 Å². The van der Waals surface area contributed by atoms with Crippen LogP contribution in [0.2, 0.25) is 0 Å². The first kappa shape index (κ1) is 18.7. The number of carbonyl (C=O) groups is 1. The molecule has 3 heterocycles. The highest BCUT2D eigenvalue weighted by Gasteiger charge is 2.26. The summed E-state index contributed by atoms with van der Waals surface area (Å²) in [5, 5.41) is 8.32. The van der Waals surface area contributed by atoms with E-state index in [1.807, 2.05) is 24.8 Å². The van der Waals surface area contributed by atoms with Crippen LogP contribution in [-0.4, -0.2) is 65.6 Å². The van der Waals surface area contributed by atoms with E-state index in [4.69, 9.17) is 0 Å². The number of hydrogen-bond donors (Lipinski definition) is 0. The lowest BCUT2D eigenvalue weighted by molar-refractivity contribution is 0.0622. The molecule has 0 atom stereocenters. The minimum absolute atomic E-state index is 0.0452. The molecule has 1 fully saturated rings. The number of piperazine rings is 1. The summed E-state index contributed by atoms with van der Waals surface area (Å²) < 4.78 is 10.2. The van der Waals surface area contributed by atoms with Crippen LogP contribution >= 0.6 is 11.7 Å². The molecular formula is C19H23N7OS. The van der Waals surface area contributed by atoms with Gasteiger partial charge in [0.2, 0.25) is 0 Å². The maximum atomic E-state index is 12.9. The molecule has 3 aromatic rings. The number of benzene rings is 1. The van der Waals surface area contributed by atoms with Gasteiger partial charge in [0.05, 0.1) is 35.4 Å². The van der Waals surface area contributed by atoms with Gasteiger partial charge in [0.1, 0.15) is 0 Å². The van der Waals surface area contributed by atoms with Crippen LogP contribution in [0.15, 0.2) is 30.3 Å². The molecule has 0 saturated carbocycles. The van der Waals surface area contributed by atoms with Crippen molar-refractivity contribution < 1.29 is 4.79 Å². The third-order valence-corrected chi connectivity index (χ3v) is 5.80. The first-order valence-electron chi connectivity index (χ1n) is 9.35. The predicted octanol–water partition coefficient (Wildman–Crippen LogP) is 1.75. The Morgan fingerprint density at radius 2 is 1.79 bits per heavy atom. The SMILES string of the molecule is Cc1nsnc1Cn1nnc(C(=O)N2CCN(Cc3ccccc3)CC2)c1C. The van der Waals surface area contributed by atoms with Gasteiger partial charge in [-0.15, -0.1) is 5.10 Å². The van der Waals surface area contributed by atoms with Crippen molar-refractivity contribution in [1.82, 2.24) is 33.5 Å². The van der Waals surface area contributed by atoms with Gasteiger partial charge in [-0.1, -0.05) is 35.5 Å². The number of rotatable bonds is 5. The van der Waals surface area contributed by atoms with Gasteiger partial charge < -0.3 is 4.90 Å². The van der Waals surface area contributed by atoms with E-state index in [0.717, 1.165) is 36.7 Å². The number of amides is 1. The van der Waals surface area contributed by atoms with Crippen molar-refractivity contribution in [3.05, 3.63) is 58.7 Å². The van der Waals surface area contributed by atoms with Crippen LogP contribution < -0.4 is 0 Å². The van der Waals surface area contributed by atoms with Gasteiger partial charge in [-0.25, -0.2) is 4.68 Å². The molecule has 0 bridgehead atoms. The van der Waals surface area contributed by atoms with Gasteiger partial charge in [-0.2, -0.15) is 8.75 Å². The molecule has 1 aromatic carbocycles. The van der Waals surface area contributed by atoms with E-state index >= 15 is 0 Å². The average molecular weight is 398 g/mol. The number of hydrogen-bond acceptors (Lipinski definition) is 7. The molecule has 1 amide bonds. The second kappa shape index (κ2) is 8.15. The third kappa shape index (κ3) is 3.95. The van der Waals surface area contributed by atoms with Gasteiger partial charge in [-0.3, -0.25) is 9.69 Å². The largest absolute Gasteiger partial charge is 0.335 e. The monoisotopic (exact) mass is 397 g/mol. The first-order chi connectivity index (χ1) is 13.6. The molecule has 0 aliphatic carbocycles. The second-order valence-corrected chi connectivity index (χ2v) is 7.56. The molecule has 0 radical (unpaired) electrons. The van der Waals surface area contributed by atoms with Gasteiger partial charge in [-0.05, 0) is 19.4 Å². The standard InChI is InChI=1S/C19H23N7OS/c1-14-17(22-28-21-14)13-26-15(2)18(20-23-26)19(27)25-10-8-24(9-11-25)12-16-6-4-3-5-7-16/h3-7H,8-13H2,1-2H3. The summed E-state index contributed by atoms with van der Waals surface area (Å²) in [4.78, 5) is 17.2. The van der Waals surface area contributed by atoms with E-state index in [2.05, 4.69) is 48.2 Å². The maximum absolute atomic E-state index is 12.9. The minimum Gasteiger partial charge on any atom is -0.335 e. The fraction of sp³-hybridized carbons (Fsp3) is 0.421. The van der Waals surface area contributed by atoms with Gasteiger partial charge in [0.25, 0.3) is 5.91 Å². The van der Waals surface area contributed by atoms with Gasteiger partial charge >= 0.3 is 0 Å². The molecule has 9 heteroatoms. The van der Waals surface area contributed by atoms with E-state index in [1.54, 1.807) is 4.68 Å².